The van der Waals surface area contributed by atoms with Crippen LogP contribution in [-0.4, -0.2) is 5.24 Å². The maximum absolute atomic E-state index is 14.0. The zero-order chi connectivity index (χ0) is 14.8. The van der Waals surface area contributed by atoms with Crippen LogP contribution >= 0.6 is 11.6 Å². The van der Waals surface area contributed by atoms with Crippen LogP contribution in [0.15, 0.2) is 48.5 Å². The van der Waals surface area contributed by atoms with Crippen LogP contribution in [0.5, 0.6) is 0 Å². The fraction of sp³-hybridized carbons (Fsp3) is 0.188. The first-order valence-electron chi connectivity index (χ1n) is 6.13. The Hall–Kier alpha value is -1.74. The summed E-state index contributed by atoms with van der Waals surface area (Å²) >= 11 is 5.67. The van der Waals surface area contributed by atoms with Crippen LogP contribution in [0.3, 0.4) is 0 Å². The Kier molecular flexibility index (Phi) is 4.19. The molecule has 0 fully saturated rings. The standard InChI is InChI=1S/C16H13ClF2O/c1-16(15(17)20,10-11-5-3-2-4-6-11)13-9-12(18)7-8-14(13)19/h2-9H,10H2,1H3. The largest absolute Gasteiger partial charge is 0.280 e. The molecule has 1 unspecified atom stereocenters. The minimum absolute atomic E-state index is 0.0265. The van der Waals surface area contributed by atoms with Gasteiger partial charge in [-0.1, -0.05) is 30.3 Å². The summed E-state index contributed by atoms with van der Waals surface area (Å²) in [5.41, 5.74) is -0.510. The van der Waals surface area contributed by atoms with Crippen molar-refractivity contribution in [3.63, 3.8) is 0 Å². The number of rotatable bonds is 4. The number of benzene rings is 2. The van der Waals surface area contributed by atoms with Gasteiger partial charge in [-0.25, -0.2) is 8.78 Å². The first-order valence-corrected chi connectivity index (χ1v) is 6.50. The molecule has 104 valence electrons. The molecule has 0 bridgehead atoms. The molecule has 0 amide bonds. The van der Waals surface area contributed by atoms with Crippen molar-refractivity contribution in [1.29, 1.82) is 0 Å². The monoisotopic (exact) mass is 294 g/mol. The predicted octanol–water partition coefficient (Wildman–Crippen LogP) is 4.23. The fourth-order valence-electron chi connectivity index (χ4n) is 2.20. The molecule has 2 aromatic rings. The quantitative estimate of drug-likeness (QED) is 0.771. The molecule has 0 aliphatic carbocycles. The molecular formula is C16H13ClF2O. The third-order valence-corrected chi connectivity index (χ3v) is 3.77. The van der Waals surface area contributed by atoms with E-state index in [4.69, 9.17) is 11.6 Å². The van der Waals surface area contributed by atoms with Gasteiger partial charge in [-0.05, 0) is 48.7 Å². The van der Waals surface area contributed by atoms with Gasteiger partial charge in [-0.3, -0.25) is 4.79 Å². The SMILES string of the molecule is CC(Cc1ccccc1)(C(=O)Cl)c1cc(F)ccc1F. The molecule has 0 heterocycles. The van der Waals surface area contributed by atoms with Gasteiger partial charge in [0.15, 0.2) is 0 Å². The molecule has 0 spiro atoms. The summed E-state index contributed by atoms with van der Waals surface area (Å²) in [5.74, 6) is -1.24. The Morgan fingerprint density at radius 3 is 2.40 bits per heavy atom. The lowest BCUT2D eigenvalue weighted by atomic mass is 9.78. The molecule has 2 aromatic carbocycles. The van der Waals surface area contributed by atoms with Gasteiger partial charge in [-0.15, -0.1) is 0 Å². The molecule has 0 N–H and O–H groups in total. The van der Waals surface area contributed by atoms with Crippen molar-refractivity contribution >= 4 is 16.8 Å². The second-order valence-electron chi connectivity index (χ2n) is 4.89. The second kappa shape index (κ2) is 5.71. The topological polar surface area (TPSA) is 17.1 Å². The van der Waals surface area contributed by atoms with Crippen molar-refractivity contribution < 1.29 is 13.6 Å². The van der Waals surface area contributed by atoms with Crippen LogP contribution in [0.2, 0.25) is 0 Å². The summed E-state index contributed by atoms with van der Waals surface area (Å²) in [6, 6.07) is 12.1. The molecule has 20 heavy (non-hydrogen) atoms. The average molecular weight is 295 g/mol. The van der Waals surface area contributed by atoms with Crippen molar-refractivity contribution in [2.75, 3.05) is 0 Å². The van der Waals surface area contributed by atoms with E-state index in [2.05, 4.69) is 0 Å². The molecule has 0 saturated heterocycles. The summed E-state index contributed by atoms with van der Waals surface area (Å²) in [4.78, 5) is 11.8. The van der Waals surface area contributed by atoms with E-state index >= 15 is 0 Å². The first-order chi connectivity index (χ1) is 9.43. The Morgan fingerprint density at radius 2 is 1.80 bits per heavy atom. The van der Waals surface area contributed by atoms with Crippen LogP contribution in [0, 0.1) is 11.6 Å². The Labute approximate surface area is 121 Å². The molecule has 0 aliphatic heterocycles. The highest BCUT2D eigenvalue weighted by atomic mass is 35.5. The van der Waals surface area contributed by atoms with Gasteiger partial charge in [0.1, 0.15) is 11.6 Å². The smallest absolute Gasteiger partial charge is 0.232 e. The Bertz CT molecular complexity index is 628. The number of hydrogen-bond acceptors (Lipinski definition) is 1. The van der Waals surface area contributed by atoms with Crippen molar-refractivity contribution in [1.82, 2.24) is 0 Å². The Balaban J connectivity index is 2.49. The van der Waals surface area contributed by atoms with Gasteiger partial charge >= 0.3 is 0 Å². The molecule has 2 rings (SSSR count). The van der Waals surface area contributed by atoms with Crippen LogP contribution in [-0.2, 0) is 16.6 Å². The molecule has 4 heteroatoms. The van der Waals surface area contributed by atoms with Gasteiger partial charge in [0, 0.05) is 5.56 Å². The summed E-state index contributed by atoms with van der Waals surface area (Å²) in [6.45, 7) is 1.52. The second-order valence-corrected chi connectivity index (χ2v) is 5.24. The van der Waals surface area contributed by atoms with E-state index in [0.29, 0.717) is 0 Å². The highest BCUT2D eigenvalue weighted by molar-refractivity contribution is 6.65. The third-order valence-electron chi connectivity index (χ3n) is 3.36. The van der Waals surface area contributed by atoms with Crippen molar-refractivity contribution in [2.24, 2.45) is 0 Å². The normalized spacial score (nSPS) is 13.8. The van der Waals surface area contributed by atoms with Crippen LogP contribution < -0.4 is 0 Å². The van der Waals surface area contributed by atoms with E-state index < -0.39 is 22.3 Å². The van der Waals surface area contributed by atoms with Gasteiger partial charge in [0.25, 0.3) is 0 Å². The average Bonchev–Trinajstić information content (AvgIpc) is 2.42. The molecule has 1 nitrogen and oxygen atoms in total. The summed E-state index contributed by atoms with van der Waals surface area (Å²) in [6.07, 6.45) is 0.205. The predicted molar refractivity (Wildman–Crippen MR) is 74.7 cm³/mol. The fourth-order valence-corrected chi connectivity index (χ4v) is 2.36. The molecule has 0 aliphatic rings. The van der Waals surface area contributed by atoms with Crippen LogP contribution in [0.1, 0.15) is 18.1 Å². The molecule has 1 atom stereocenters. The van der Waals surface area contributed by atoms with Crippen LogP contribution in [0.25, 0.3) is 0 Å². The molecule has 0 radical (unpaired) electrons. The van der Waals surface area contributed by atoms with Crippen LogP contribution in [0.4, 0.5) is 8.78 Å². The minimum atomic E-state index is -1.31. The highest BCUT2D eigenvalue weighted by Crippen LogP contribution is 2.33. The maximum atomic E-state index is 14.0. The highest BCUT2D eigenvalue weighted by Gasteiger charge is 2.36. The van der Waals surface area contributed by atoms with Gasteiger partial charge in [-0.2, -0.15) is 0 Å². The lowest BCUT2D eigenvalue weighted by Gasteiger charge is -2.26. The van der Waals surface area contributed by atoms with E-state index in [0.717, 1.165) is 23.8 Å². The summed E-state index contributed by atoms with van der Waals surface area (Å²) in [7, 11) is 0. The molecule has 0 saturated carbocycles. The van der Waals surface area contributed by atoms with E-state index in [-0.39, 0.29) is 12.0 Å². The number of carbonyl (C=O) groups is 1. The van der Waals surface area contributed by atoms with Gasteiger partial charge < -0.3 is 0 Å². The van der Waals surface area contributed by atoms with Crippen molar-refractivity contribution in [3.8, 4) is 0 Å². The lowest BCUT2D eigenvalue weighted by molar-refractivity contribution is -0.116. The zero-order valence-corrected chi connectivity index (χ0v) is 11.6. The molecular weight excluding hydrogens is 282 g/mol. The number of carbonyl (C=O) groups excluding carboxylic acids is 1. The third kappa shape index (κ3) is 2.88. The summed E-state index contributed by atoms with van der Waals surface area (Å²) < 4.78 is 27.3. The van der Waals surface area contributed by atoms with Crippen molar-refractivity contribution in [3.05, 3.63) is 71.3 Å². The van der Waals surface area contributed by atoms with E-state index in [1.807, 2.05) is 30.3 Å². The lowest BCUT2D eigenvalue weighted by Crippen LogP contribution is -2.33. The maximum Gasteiger partial charge on any atom is 0.232 e. The summed E-state index contributed by atoms with van der Waals surface area (Å²) in [5, 5.41) is -0.717. The molecule has 0 aromatic heterocycles. The van der Waals surface area contributed by atoms with E-state index in [1.54, 1.807) is 0 Å². The Morgan fingerprint density at radius 1 is 1.15 bits per heavy atom. The van der Waals surface area contributed by atoms with E-state index in [1.165, 1.54) is 6.92 Å². The van der Waals surface area contributed by atoms with Gasteiger partial charge in [0.2, 0.25) is 5.24 Å². The van der Waals surface area contributed by atoms with E-state index in [9.17, 15) is 13.6 Å². The number of halogens is 3. The zero-order valence-electron chi connectivity index (χ0n) is 10.9. The van der Waals surface area contributed by atoms with Crippen molar-refractivity contribution in [2.45, 2.75) is 18.8 Å². The first kappa shape index (κ1) is 14.7. The number of hydrogen-bond donors (Lipinski definition) is 0. The van der Waals surface area contributed by atoms with Gasteiger partial charge in [0.05, 0.1) is 5.41 Å². The minimum Gasteiger partial charge on any atom is -0.280 e.